The number of carbonyl (C=O) groups is 3. The average Bonchev–Trinajstić information content (AvgIpc) is 3.67. The molecule has 2 aliphatic heterocycles. The smallest absolute Gasteiger partial charge is 0.326 e. The molecule has 3 amide bonds. The van der Waals surface area contributed by atoms with Crippen molar-refractivity contribution in [3.05, 3.63) is 80.0 Å². The fraction of sp³-hybridized carbons (Fsp3) is 0.379. The molecule has 7 rings (SSSR count). The minimum atomic E-state index is -4.56. The van der Waals surface area contributed by atoms with Gasteiger partial charge in [-0.25, -0.2) is 4.39 Å². The molecule has 4 aliphatic rings. The largest absolute Gasteiger partial charge is 0.416 e. The lowest BCUT2D eigenvalue weighted by molar-refractivity contribution is -0.141. The number of halogens is 4. The summed E-state index contributed by atoms with van der Waals surface area (Å²) in [4.78, 5) is 56.9. The van der Waals surface area contributed by atoms with Crippen molar-refractivity contribution in [3.63, 3.8) is 0 Å². The number of carbonyl (C=O) groups excluding carboxylic acids is 3. The summed E-state index contributed by atoms with van der Waals surface area (Å²) in [5.41, 5.74) is -0.0698. The number of nitrogens with one attached hydrogen (secondary N) is 2. The number of H-pyrrole nitrogens is 1. The molecule has 42 heavy (non-hydrogen) atoms. The van der Waals surface area contributed by atoms with Gasteiger partial charge in [-0.2, -0.15) is 13.2 Å². The van der Waals surface area contributed by atoms with Crippen LogP contribution in [0.5, 0.6) is 0 Å². The Morgan fingerprint density at radius 1 is 1.02 bits per heavy atom. The third-order valence-corrected chi connectivity index (χ3v) is 11.7. The van der Waals surface area contributed by atoms with Gasteiger partial charge in [0.15, 0.2) is 0 Å². The summed E-state index contributed by atoms with van der Waals surface area (Å²) in [7, 11) is 0. The number of amides is 3. The van der Waals surface area contributed by atoms with Gasteiger partial charge in [0.1, 0.15) is 5.82 Å². The van der Waals surface area contributed by atoms with Gasteiger partial charge in [0, 0.05) is 34.7 Å². The second-order valence-corrected chi connectivity index (χ2v) is 13.4. The molecule has 2 bridgehead atoms. The highest BCUT2D eigenvalue weighted by Gasteiger charge is 2.69. The molecule has 7 nitrogen and oxygen atoms in total. The van der Waals surface area contributed by atoms with E-state index in [1.165, 1.54) is 24.3 Å². The highest BCUT2D eigenvalue weighted by molar-refractivity contribution is 8.00. The topological polar surface area (TPSA) is 99.3 Å². The highest BCUT2D eigenvalue weighted by Crippen LogP contribution is 2.68. The first-order valence-corrected chi connectivity index (χ1v) is 15.2. The van der Waals surface area contributed by atoms with Crippen molar-refractivity contribution in [2.24, 2.45) is 29.6 Å². The van der Waals surface area contributed by atoms with Crippen LogP contribution in [0.4, 0.5) is 23.2 Å². The maximum Gasteiger partial charge on any atom is 0.416 e. The maximum absolute atomic E-state index is 13.8. The number of hydrogen-bond donors (Lipinski definition) is 2. The lowest BCUT2D eigenvalue weighted by Crippen LogP contribution is -2.42. The van der Waals surface area contributed by atoms with Crippen molar-refractivity contribution < 1.29 is 31.9 Å². The molecule has 3 fully saturated rings. The van der Waals surface area contributed by atoms with Crippen LogP contribution < -0.4 is 10.2 Å². The number of imide groups is 1. The van der Waals surface area contributed by atoms with Gasteiger partial charge in [0.2, 0.25) is 17.7 Å². The van der Waals surface area contributed by atoms with Crippen molar-refractivity contribution >= 4 is 46.5 Å². The number of nitrogens with zero attached hydrogens (tertiary/aromatic N) is 1. The zero-order valence-corrected chi connectivity index (χ0v) is 23.3. The lowest BCUT2D eigenvalue weighted by atomic mass is 9.68. The van der Waals surface area contributed by atoms with Crippen molar-refractivity contribution in [3.8, 4) is 0 Å². The Morgan fingerprint density at radius 3 is 2.45 bits per heavy atom. The second-order valence-electron chi connectivity index (χ2n) is 11.2. The van der Waals surface area contributed by atoms with Crippen LogP contribution >= 0.6 is 23.1 Å². The molecule has 0 radical (unpaired) electrons. The Bertz CT molecular complexity index is 1670. The minimum absolute atomic E-state index is 0.0232. The lowest BCUT2D eigenvalue weighted by Gasteiger charge is -2.43. The number of aromatic amines is 1. The van der Waals surface area contributed by atoms with Gasteiger partial charge in [-0.15, -0.1) is 11.8 Å². The quantitative estimate of drug-likeness (QED) is 0.307. The average molecular weight is 618 g/mol. The van der Waals surface area contributed by atoms with E-state index in [0.29, 0.717) is 6.42 Å². The van der Waals surface area contributed by atoms with Gasteiger partial charge in [-0.1, -0.05) is 29.5 Å². The molecule has 2 saturated carbocycles. The minimum Gasteiger partial charge on any atom is -0.326 e. The zero-order chi connectivity index (χ0) is 29.5. The van der Waals surface area contributed by atoms with Crippen molar-refractivity contribution in [1.82, 2.24) is 9.88 Å². The first kappa shape index (κ1) is 27.4. The molecule has 3 aromatic rings. The molecule has 3 heterocycles. The standard InChI is InChI=1S/C29H23F4N3O4S2/c30-14-6-4-12(5-7-14)19-20-16-11-17(23(20)41-25-24(19)42-28(40)35-25)22-21(16)26(38)36(27(22)39)9-8-18(37)34-15-3-1-2-13(10-15)29(31,32)33/h1-7,10,16-17,19-23H,8-9,11H2,(H,34,37)(H,35,40). The molecule has 2 N–H and O–H groups in total. The van der Waals surface area contributed by atoms with E-state index < -0.39 is 29.5 Å². The van der Waals surface area contributed by atoms with Gasteiger partial charge in [0.25, 0.3) is 0 Å². The zero-order valence-electron chi connectivity index (χ0n) is 21.7. The van der Waals surface area contributed by atoms with E-state index in [1.54, 1.807) is 23.9 Å². The number of alkyl halides is 3. The van der Waals surface area contributed by atoms with Crippen molar-refractivity contribution in [2.45, 2.75) is 35.2 Å². The summed E-state index contributed by atoms with van der Waals surface area (Å²) in [5, 5.41) is 3.15. The Morgan fingerprint density at radius 2 is 1.74 bits per heavy atom. The monoisotopic (exact) mass is 617 g/mol. The predicted octanol–water partition coefficient (Wildman–Crippen LogP) is 5.10. The number of fused-ring (bicyclic) bond motifs is 9. The number of hydrogen-bond acceptors (Lipinski definition) is 6. The number of aromatic nitrogens is 1. The summed E-state index contributed by atoms with van der Waals surface area (Å²) >= 11 is 2.66. The van der Waals surface area contributed by atoms with Gasteiger partial charge in [-0.3, -0.25) is 24.1 Å². The number of rotatable bonds is 5. The van der Waals surface area contributed by atoms with E-state index in [2.05, 4.69) is 10.3 Å². The molecule has 0 spiro atoms. The van der Waals surface area contributed by atoms with Crippen LogP contribution in [0.3, 0.4) is 0 Å². The second kappa shape index (κ2) is 9.80. The molecule has 2 aliphatic carbocycles. The molecule has 218 valence electrons. The number of anilines is 1. The number of likely N-dealkylation sites (tertiary alicyclic amines) is 1. The SMILES string of the molecule is O=C(CCN1C(=O)C2C3CC(C2C1=O)C1C(c2ccc(F)cc2)c2sc(=O)[nH]c2SC31)Nc1cccc(C(F)(F)F)c1. The maximum atomic E-state index is 13.8. The third-order valence-electron chi connectivity index (χ3n) is 9.08. The predicted molar refractivity (Wildman–Crippen MR) is 146 cm³/mol. The molecular weight excluding hydrogens is 594 g/mol. The van der Waals surface area contributed by atoms with E-state index in [0.717, 1.165) is 43.8 Å². The van der Waals surface area contributed by atoms with Crippen LogP contribution in [-0.2, 0) is 20.6 Å². The summed E-state index contributed by atoms with van der Waals surface area (Å²) in [6.45, 7) is -0.167. The molecule has 7 unspecified atom stereocenters. The van der Waals surface area contributed by atoms with Crippen molar-refractivity contribution in [1.29, 1.82) is 0 Å². The number of thioether (sulfide) groups is 1. The van der Waals surface area contributed by atoms with E-state index in [-0.39, 0.29) is 70.1 Å². The molecule has 7 atom stereocenters. The van der Waals surface area contributed by atoms with E-state index >= 15 is 0 Å². The summed E-state index contributed by atoms with van der Waals surface area (Å²) in [5.74, 6) is -3.20. The van der Waals surface area contributed by atoms with Gasteiger partial charge in [0.05, 0.1) is 22.4 Å². The Labute approximate surface area is 244 Å². The van der Waals surface area contributed by atoms with E-state index in [1.807, 2.05) is 0 Å². The summed E-state index contributed by atoms with van der Waals surface area (Å²) in [6.07, 6.45) is -4.12. The van der Waals surface area contributed by atoms with Crippen LogP contribution in [-0.4, -0.2) is 39.4 Å². The molecular formula is C29H23F4N3O4S2. The first-order chi connectivity index (χ1) is 20.0. The number of thiazole rings is 1. The van der Waals surface area contributed by atoms with Crippen LogP contribution in [0.1, 0.15) is 34.8 Å². The first-order valence-electron chi connectivity index (χ1n) is 13.5. The fourth-order valence-corrected chi connectivity index (χ4v) is 10.4. The Hall–Kier alpha value is -3.45. The molecule has 13 heteroatoms. The normalized spacial score (nSPS) is 29.4. The summed E-state index contributed by atoms with van der Waals surface area (Å²) < 4.78 is 52.8. The number of benzene rings is 2. The van der Waals surface area contributed by atoms with Crippen LogP contribution in [0.25, 0.3) is 0 Å². The van der Waals surface area contributed by atoms with Gasteiger partial charge in [-0.05, 0) is 60.1 Å². The highest BCUT2D eigenvalue weighted by atomic mass is 32.2. The van der Waals surface area contributed by atoms with E-state index in [9.17, 15) is 36.7 Å². The molecule has 1 saturated heterocycles. The Balaban J connectivity index is 1.11. The van der Waals surface area contributed by atoms with Crippen molar-refractivity contribution in [2.75, 3.05) is 11.9 Å². The van der Waals surface area contributed by atoms with Crippen LogP contribution in [0.2, 0.25) is 0 Å². The fourth-order valence-electron chi connectivity index (χ4n) is 7.55. The summed E-state index contributed by atoms with van der Waals surface area (Å²) in [6, 6.07) is 10.4. The molecule has 1 aromatic heterocycles. The third kappa shape index (κ3) is 4.31. The van der Waals surface area contributed by atoms with Crippen LogP contribution in [0.15, 0.2) is 58.4 Å². The van der Waals surface area contributed by atoms with Gasteiger partial charge < -0.3 is 10.3 Å². The van der Waals surface area contributed by atoms with Gasteiger partial charge >= 0.3 is 11.0 Å². The van der Waals surface area contributed by atoms with E-state index in [4.69, 9.17) is 0 Å². The van der Waals surface area contributed by atoms with Crippen LogP contribution in [0, 0.1) is 35.4 Å². The Kier molecular flexibility index (Phi) is 6.39. The molecule has 2 aromatic carbocycles.